The van der Waals surface area contributed by atoms with Crippen LogP contribution < -0.4 is 20.1 Å². The number of hydrogen-bond donors (Lipinski definition) is 3. The van der Waals surface area contributed by atoms with Gasteiger partial charge in [0.25, 0.3) is 0 Å². The van der Waals surface area contributed by atoms with Crippen molar-refractivity contribution >= 4 is 30.8 Å². The number of para-hydroxylation sites is 1. The van der Waals surface area contributed by atoms with Crippen LogP contribution >= 0.6 is 7.75 Å². The molecule has 0 radical (unpaired) electrons. The first-order valence-corrected chi connectivity index (χ1v) is 14.4. The number of ether oxygens (including phenoxy) is 3. The minimum Gasteiger partial charge on any atom is -0.476 e. The Balaban J connectivity index is 1.57. The van der Waals surface area contributed by atoms with Crippen molar-refractivity contribution in [2.75, 3.05) is 25.6 Å². The maximum atomic E-state index is 13.8. The van der Waals surface area contributed by atoms with Crippen LogP contribution in [0.1, 0.15) is 40.8 Å². The predicted molar refractivity (Wildman–Crippen MR) is 144 cm³/mol. The number of hydrogen-bond acceptors (Lipinski definition) is 12. The molecule has 3 heterocycles. The number of nitrogens with two attached hydrogens (primary N) is 1. The van der Waals surface area contributed by atoms with E-state index in [0.717, 1.165) is 0 Å². The molecule has 1 aliphatic rings. The number of rotatable bonds is 12. The Labute approximate surface area is 231 Å². The van der Waals surface area contributed by atoms with Gasteiger partial charge in [-0.15, -0.1) is 0 Å². The number of nitrogens with one attached hydrogen (secondary N) is 1. The summed E-state index contributed by atoms with van der Waals surface area (Å²) in [6.07, 6.45) is -1.25. The van der Waals surface area contributed by atoms with E-state index in [1.165, 1.54) is 13.3 Å². The van der Waals surface area contributed by atoms with E-state index in [0.29, 0.717) is 17.8 Å². The zero-order chi connectivity index (χ0) is 29.1. The number of nitrogen functional groups attached to an aromatic ring is 1. The zero-order valence-corrected chi connectivity index (χ0v) is 23.9. The molecule has 15 heteroatoms. The molecule has 218 valence electrons. The standard InChI is InChI=1S/C25H35N6O8P/c1-6-35-21-18-20(28-24(26)29-21)31(14-27-18)23-25(4,5)19(32)17(38-23)13-37-40(34,30-15(3)22(33)36-7-2)39-16-11-9-8-10-12-16/h8-12,14-15,17,19,23,32H,6-7,13H2,1-5H3,(H,30,34)(H2,26,28,29)/t15-,17+,19+,23+,40?/m0/s1. The number of benzene rings is 1. The molecule has 14 nitrogen and oxygen atoms in total. The highest BCUT2D eigenvalue weighted by atomic mass is 31.2. The normalized spacial score (nSPS) is 22.5. The lowest BCUT2D eigenvalue weighted by atomic mass is 9.84. The first-order valence-electron chi connectivity index (χ1n) is 12.9. The number of carbonyl (C=O) groups excluding carboxylic acids is 1. The molecule has 4 rings (SSSR count). The Kier molecular flexibility index (Phi) is 8.96. The highest BCUT2D eigenvalue weighted by Gasteiger charge is 2.52. The highest BCUT2D eigenvalue weighted by molar-refractivity contribution is 7.52. The number of aliphatic hydroxyl groups is 1. The maximum absolute atomic E-state index is 13.8. The first-order chi connectivity index (χ1) is 19.0. The van der Waals surface area contributed by atoms with Crippen LogP contribution in [0.5, 0.6) is 11.6 Å². The fourth-order valence-corrected chi connectivity index (χ4v) is 5.85. The summed E-state index contributed by atoms with van der Waals surface area (Å²) >= 11 is 0. The molecule has 1 unspecified atom stereocenters. The molecule has 0 saturated carbocycles. The summed E-state index contributed by atoms with van der Waals surface area (Å²) in [6, 6.07) is 7.37. The molecule has 0 bridgehead atoms. The van der Waals surface area contributed by atoms with Gasteiger partial charge < -0.3 is 29.6 Å². The van der Waals surface area contributed by atoms with Crippen LogP contribution in [0.2, 0.25) is 0 Å². The summed E-state index contributed by atoms with van der Waals surface area (Å²) in [6.45, 7) is 8.76. The van der Waals surface area contributed by atoms with Crippen LogP contribution in [-0.2, 0) is 23.4 Å². The van der Waals surface area contributed by atoms with Crippen molar-refractivity contribution in [2.45, 2.75) is 59.1 Å². The summed E-state index contributed by atoms with van der Waals surface area (Å²) in [4.78, 5) is 25.0. The first kappa shape index (κ1) is 29.7. The van der Waals surface area contributed by atoms with Crippen LogP contribution in [0.4, 0.5) is 5.95 Å². The van der Waals surface area contributed by atoms with Crippen molar-refractivity contribution in [3.63, 3.8) is 0 Å². The average molecular weight is 579 g/mol. The number of esters is 1. The summed E-state index contributed by atoms with van der Waals surface area (Å²) in [5, 5.41) is 13.8. The van der Waals surface area contributed by atoms with Crippen molar-refractivity contribution in [3.8, 4) is 11.6 Å². The monoisotopic (exact) mass is 578 g/mol. The number of aliphatic hydroxyl groups excluding tert-OH is 1. The van der Waals surface area contributed by atoms with Gasteiger partial charge in [0.2, 0.25) is 11.8 Å². The smallest absolute Gasteiger partial charge is 0.459 e. The summed E-state index contributed by atoms with van der Waals surface area (Å²) < 4.78 is 43.6. The van der Waals surface area contributed by atoms with E-state index in [1.807, 2.05) is 20.8 Å². The molecule has 0 amide bonds. The molecule has 1 saturated heterocycles. The van der Waals surface area contributed by atoms with Gasteiger partial charge in [0.05, 0.1) is 32.3 Å². The quantitative estimate of drug-likeness (QED) is 0.211. The fourth-order valence-electron chi connectivity index (χ4n) is 4.35. The maximum Gasteiger partial charge on any atom is 0.459 e. The van der Waals surface area contributed by atoms with Crippen LogP contribution in [0.15, 0.2) is 36.7 Å². The molecule has 1 aromatic carbocycles. The van der Waals surface area contributed by atoms with E-state index in [-0.39, 0.29) is 30.8 Å². The van der Waals surface area contributed by atoms with Crippen molar-refractivity contribution in [1.29, 1.82) is 0 Å². The van der Waals surface area contributed by atoms with Crippen LogP contribution in [0, 0.1) is 5.41 Å². The lowest BCUT2D eigenvalue weighted by Crippen LogP contribution is -2.38. The predicted octanol–water partition coefficient (Wildman–Crippen LogP) is 2.84. The Bertz CT molecular complexity index is 1370. The van der Waals surface area contributed by atoms with E-state index in [2.05, 4.69) is 20.0 Å². The van der Waals surface area contributed by atoms with Crippen molar-refractivity contribution in [3.05, 3.63) is 36.7 Å². The molecule has 2 aromatic heterocycles. The summed E-state index contributed by atoms with van der Waals surface area (Å²) in [5.74, 6) is -0.135. The molecule has 0 aliphatic carbocycles. The molecule has 40 heavy (non-hydrogen) atoms. The number of aromatic nitrogens is 4. The molecule has 5 atom stereocenters. The Hall–Kier alpha value is -3.29. The highest BCUT2D eigenvalue weighted by Crippen LogP contribution is 2.49. The van der Waals surface area contributed by atoms with Gasteiger partial charge in [0.15, 0.2) is 11.2 Å². The van der Waals surface area contributed by atoms with Crippen LogP contribution in [-0.4, -0.2) is 68.7 Å². The van der Waals surface area contributed by atoms with Crippen molar-refractivity contribution in [1.82, 2.24) is 24.6 Å². The summed E-state index contributed by atoms with van der Waals surface area (Å²) in [7, 11) is -4.15. The minimum absolute atomic E-state index is 0.00488. The largest absolute Gasteiger partial charge is 0.476 e. The second-order valence-electron chi connectivity index (χ2n) is 9.74. The third-order valence-electron chi connectivity index (χ3n) is 6.36. The van der Waals surface area contributed by atoms with Gasteiger partial charge in [-0.2, -0.15) is 15.1 Å². The van der Waals surface area contributed by atoms with E-state index < -0.39 is 43.6 Å². The van der Waals surface area contributed by atoms with Crippen molar-refractivity contribution < 1.29 is 37.7 Å². The molecule has 1 fully saturated rings. The van der Waals surface area contributed by atoms with Gasteiger partial charge in [0, 0.05) is 5.41 Å². The Morgan fingerprint density at radius 3 is 2.65 bits per heavy atom. The second-order valence-corrected chi connectivity index (χ2v) is 11.4. The number of fused-ring (bicyclic) bond motifs is 1. The van der Waals surface area contributed by atoms with E-state index in [4.69, 9.17) is 29.0 Å². The topological polar surface area (TPSA) is 182 Å². The second kappa shape index (κ2) is 12.1. The lowest BCUT2D eigenvalue weighted by molar-refractivity contribution is -0.144. The van der Waals surface area contributed by atoms with E-state index in [1.54, 1.807) is 41.8 Å². The van der Waals surface area contributed by atoms with Crippen LogP contribution in [0.25, 0.3) is 11.2 Å². The molecule has 4 N–H and O–H groups in total. The van der Waals surface area contributed by atoms with E-state index in [9.17, 15) is 14.5 Å². The Morgan fingerprint density at radius 1 is 1.25 bits per heavy atom. The zero-order valence-electron chi connectivity index (χ0n) is 23.0. The van der Waals surface area contributed by atoms with Gasteiger partial charge in [0.1, 0.15) is 24.1 Å². The molecular formula is C25H35N6O8P. The van der Waals surface area contributed by atoms with Gasteiger partial charge in [-0.3, -0.25) is 13.9 Å². The average Bonchev–Trinajstić information content (AvgIpc) is 3.41. The van der Waals surface area contributed by atoms with Gasteiger partial charge in [-0.05, 0) is 32.9 Å². The van der Waals surface area contributed by atoms with Gasteiger partial charge >= 0.3 is 13.7 Å². The molecule has 3 aromatic rings. The van der Waals surface area contributed by atoms with Crippen molar-refractivity contribution in [2.24, 2.45) is 5.41 Å². The SMILES string of the molecule is CCOC(=O)[C@H](C)NP(=O)(OC[C@H]1O[C@@H](n2cnc3c(OCC)nc(N)nc32)C(C)(C)[C@@H]1O)Oc1ccccc1. The van der Waals surface area contributed by atoms with Gasteiger partial charge in [-0.25, -0.2) is 9.55 Å². The fraction of sp³-hybridized carbons (Fsp3) is 0.520. The third kappa shape index (κ3) is 6.21. The number of nitrogens with zero attached hydrogens (tertiary/aromatic N) is 4. The molecule has 0 spiro atoms. The minimum atomic E-state index is -4.15. The summed E-state index contributed by atoms with van der Waals surface area (Å²) in [5.41, 5.74) is 5.79. The lowest BCUT2D eigenvalue weighted by Gasteiger charge is -2.29. The third-order valence-corrected chi connectivity index (χ3v) is 8.01. The molecular weight excluding hydrogens is 543 g/mol. The number of carbonyl (C=O) groups is 1. The Morgan fingerprint density at radius 2 is 1.98 bits per heavy atom. The number of imidazole rings is 1. The van der Waals surface area contributed by atoms with E-state index >= 15 is 0 Å². The number of anilines is 1. The van der Waals surface area contributed by atoms with Gasteiger partial charge in [-0.1, -0.05) is 32.0 Å². The van der Waals surface area contributed by atoms with Crippen LogP contribution in [0.3, 0.4) is 0 Å². The molecule has 1 aliphatic heterocycles.